The molecule has 0 spiro atoms. The van der Waals surface area contributed by atoms with E-state index in [0.29, 0.717) is 13.1 Å². The Kier molecular flexibility index (Phi) is 5.65. The number of nitro groups is 1. The summed E-state index contributed by atoms with van der Waals surface area (Å²) in [5, 5.41) is 13.5. The standard InChI is InChI=1S/C19H19N3O5/c23-18-17(12-14-6-8-16(9-7-14)22(25)26)21(11-10-20-18)19(24)27-13-15-4-2-1-3-5-15/h1-9,17H,10-13H2,(H,20,23)/t17-/m1/s1. The van der Waals surface area contributed by atoms with E-state index in [1.807, 2.05) is 30.3 Å². The van der Waals surface area contributed by atoms with Gasteiger partial charge in [0.05, 0.1) is 4.92 Å². The van der Waals surface area contributed by atoms with Crippen LogP contribution in [0, 0.1) is 10.1 Å². The van der Waals surface area contributed by atoms with Gasteiger partial charge in [-0.05, 0) is 11.1 Å². The Morgan fingerprint density at radius 1 is 1.15 bits per heavy atom. The van der Waals surface area contributed by atoms with Crippen LogP contribution in [0.1, 0.15) is 11.1 Å². The van der Waals surface area contributed by atoms with Crippen LogP contribution in [-0.2, 0) is 22.6 Å². The minimum Gasteiger partial charge on any atom is -0.445 e. The van der Waals surface area contributed by atoms with E-state index in [1.54, 1.807) is 12.1 Å². The maximum Gasteiger partial charge on any atom is 0.410 e. The zero-order valence-electron chi connectivity index (χ0n) is 14.5. The molecule has 8 nitrogen and oxygen atoms in total. The smallest absolute Gasteiger partial charge is 0.410 e. The highest BCUT2D eigenvalue weighted by molar-refractivity contribution is 5.87. The Balaban J connectivity index is 1.67. The average molecular weight is 369 g/mol. The summed E-state index contributed by atoms with van der Waals surface area (Å²) in [4.78, 5) is 36.5. The second-order valence-electron chi connectivity index (χ2n) is 6.17. The van der Waals surface area contributed by atoms with Crippen molar-refractivity contribution < 1.29 is 19.2 Å². The third-order valence-electron chi connectivity index (χ3n) is 4.35. The van der Waals surface area contributed by atoms with Crippen molar-refractivity contribution in [2.45, 2.75) is 19.1 Å². The van der Waals surface area contributed by atoms with Crippen LogP contribution in [0.4, 0.5) is 10.5 Å². The van der Waals surface area contributed by atoms with Crippen LogP contribution in [0.25, 0.3) is 0 Å². The number of amides is 2. The van der Waals surface area contributed by atoms with E-state index in [-0.39, 0.29) is 24.6 Å². The van der Waals surface area contributed by atoms with E-state index < -0.39 is 17.1 Å². The van der Waals surface area contributed by atoms with Gasteiger partial charge in [-0.15, -0.1) is 0 Å². The summed E-state index contributed by atoms with van der Waals surface area (Å²) in [5.41, 5.74) is 1.56. The first-order chi connectivity index (χ1) is 13.0. The highest BCUT2D eigenvalue weighted by Crippen LogP contribution is 2.17. The fraction of sp³-hybridized carbons (Fsp3) is 0.263. The van der Waals surface area contributed by atoms with Gasteiger partial charge in [-0.3, -0.25) is 19.8 Å². The normalized spacial score (nSPS) is 16.5. The van der Waals surface area contributed by atoms with Crippen molar-refractivity contribution in [3.63, 3.8) is 0 Å². The first-order valence-corrected chi connectivity index (χ1v) is 8.53. The SMILES string of the molecule is O=C1NCCN(C(=O)OCc2ccccc2)[C@@H]1Cc1ccc([N+](=O)[O-])cc1. The van der Waals surface area contributed by atoms with Crippen molar-refractivity contribution in [1.82, 2.24) is 10.2 Å². The summed E-state index contributed by atoms with van der Waals surface area (Å²) in [6.45, 7) is 0.828. The van der Waals surface area contributed by atoms with E-state index in [0.717, 1.165) is 11.1 Å². The van der Waals surface area contributed by atoms with Gasteiger partial charge in [-0.2, -0.15) is 0 Å². The first-order valence-electron chi connectivity index (χ1n) is 8.53. The maximum atomic E-state index is 12.5. The van der Waals surface area contributed by atoms with Gasteiger partial charge in [0.25, 0.3) is 5.69 Å². The summed E-state index contributed by atoms with van der Waals surface area (Å²) in [6, 6.07) is 14.5. The number of non-ortho nitro benzene ring substituents is 1. The molecule has 8 heteroatoms. The number of benzene rings is 2. The molecule has 1 aliphatic rings. The van der Waals surface area contributed by atoms with E-state index in [1.165, 1.54) is 17.0 Å². The second kappa shape index (κ2) is 8.31. The molecular weight excluding hydrogens is 350 g/mol. The predicted molar refractivity (Wildman–Crippen MR) is 96.9 cm³/mol. The van der Waals surface area contributed by atoms with Crippen molar-refractivity contribution in [1.29, 1.82) is 0 Å². The number of nitrogens with one attached hydrogen (secondary N) is 1. The molecule has 2 amide bonds. The van der Waals surface area contributed by atoms with Crippen molar-refractivity contribution in [3.05, 3.63) is 75.8 Å². The molecule has 1 atom stereocenters. The van der Waals surface area contributed by atoms with Crippen LogP contribution in [-0.4, -0.2) is 41.0 Å². The number of carbonyl (C=O) groups excluding carboxylic acids is 2. The zero-order valence-corrected chi connectivity index (χ0v) is 14.5. The molecule has 3 rings (SSSR count). The third kappa shape index (κ3) is 4.60. The quantitative estimate of drug-likeness (QED) is 0.643. The van der Waals surface area contributed by atoms with E-state index in [9.17, 15) is 19.7 Å². The number of rotatable bonds is 5. The van der Waals surface area contributed by atoms with Crippen LogP contribution in [0.2, 0.25) is 0 Å². The molecule has 140 valence electrons. The van der Waals surface area contributed by atoms with Crippen LogP contribution >= 0.6 is 0 Å². The number of hydrogen-bond donors (Lipinski definition) is 1. The molecule has 1 aliphatic heterocycles. The Hall–Kier alpha value is -3.42. The fourth-order valence-electron chi connectivity index (χ4n) is 2.92. The lowest BCUT2D eigenvalue weighted by molar-refractivity contribution is -0.384. The monoisotopic (exact) mass is 369 g/mol. The molecule has 0 aliphatic carbocycles. The lowest BCUT2D eigenvalue weighted by Gasteiger charge is -2.34. The molecule has 2 aromatic rings. The van der Waals surface area contributed by atoms with E-state index in [2.05, 4.69) is 5.32 Å². The van der Waals surface area contributed by atoms with Gasteiger partial charge in [0.1, 0.15) is 12.6 Å². The first kappa shape index (κ1) is 18.4. The van der Waals surface area contributed by atoms with Gasteiger partial charge in [0.2, 0.25) is 5.91 Å². The molecule has 1 N–H and O–H groups in total. The predicted octanol–water partition coefficient (Wildman–Crippen LogP) is 2.27. The van der Waals surface area contributed by atoms with Crippen LogP contribution in [0.15, 0.2) is 54.6 Å². The van der Waals surface area contributed by atoms with Crippen LogP contribution in [0.3, 0.4) is 0 Å². The van der Waals surface area contributed by atoms with Gasteiger partial charge in [-0.1, -0.05) is 42.5 Å². The summed E-state index contributed by atoms with van der Waals surface area (Å²) in [5.74, 6) is -0.267. The Bertz CT molecular complexity index is 823. The summed E-state index contributed by atoms with van der Waals surface area (Å²) in [6.07, 6.45) is -0.301. The molecule has 2 aromatic carbocycles. The van der Waals surface area contributed by atoms with Gasteiger partial charge in [-0.25, -0.2) is 4.79 Å². The van der Waals surface area contributed by atoms with Gasteiger partial charge in [0.15, 0.2) is 0 Å². The molecule has 1 heterocycles. The minimum absolute atomic E-state index is 0.0222. The fourth-order valence-corrected chi connectivity index (χ4v) is 2.92. The van der Waals surface area contributed by atoms with Gasteiger partial charge in [0, 0.05) is 31.6 Å². The summed E-state index contributed by atoms with van der Waals surface area (Å²) >= 11 is 0. The highest BCUT2D eigenvalue weighted by atomic mass is 16.6. The third-order valence-corrected chi connectivity index (χ3v) is 4.35. The van der Waals surface area contributed by atoms with Crippen molar-refractivity contribution in [3.8, 4) is 0 Å². The molecule has 27 heavy (non-hydrogen) atoms. The molecular formula is C19H19N3O5. The lowest BCUT2D eigenvalue weighted by Crippen LogP contribution is -2.58. The van der Waals surface area contributed by atoms with Gasteiger partial charge < -0.3 is 10.1 Å². The molecule has 0 radical (unpaired) electrons. The van der Waals surface area contributed by atoms with E-state index >= 15 is 0 Å². The Morgan fingerprint density at radius 3 is 2.52 bits per heavy atom. The number of nitro benzene ring substituents is 1. The highest BCUT2D eigenvalue weighted by Gasteiger charge is 2.34. The number of nitrogens with zero attached hydrogens (tertiary/aromatic N) is 2. The zero-order chi connectivity index (χ0) is 19.2. The van der Waals surface area contributed by atoms with Crippen molar-refractivity contribution in [2.75, 3.05) is 13.1 Å². The largest absolute Gasteiger partial charge is 0.445 e. The minimum atomic E-state index is -0.719. The Morgan fingerprint density at radius 2 is 1.85 bits per heavy atom. The molecule has 0 unspecified atom stereocenters. The number of ether oxygens (including phenoxy) is 1. The molecule has 1 saturated heterocycles. The number of piperazine rings is 1. The molecule has 0 bridgehead atoms. The van der Waals surface area contributed by atoms with Crippen LogP contribution in [0.5, 0.6) is 0 Å². The number of carbonyl (C=O) groups is 2. The topological polar surface area (TPSA) is 102 Å². The van der Waals surface area contributed by atoms with Crippen molar-refractivity contribution >= 4 is 17.7 Å². The molecule has 0 aromatic heterocycles. The van der Waals surface area contributed by atoms with Crippen LogP contribution < -0.4 is 5.32 Å². The molecule has 0 saturated carbocycles. The average Bonchev–Trinajstić information content (AvgIpc) is 2.69. The number of hydrogen-bond acceptors (Lipinski definition) is 5. The summed E-state index contributed by atoms with van der Waals surface area (Å²) < 4.78 is 5.35. The molecule has 1 fully saturated rings. The lowest BCUT2D eigenvalue weighted by atomic mass is 10.0. The second-order valence-corrected chi connectivity index (χ2v) is 6.17. The maximum absolute atomic E-state index is 12.5. The summed E-state index contributed by atoms with van der Waals surface area (Å²) in [7, 11) is 0. The van der Waals surface area contributed by atoms with E-state index in [4.69, 9.17) is 4.74 Å². The Labute approximate surface area is 155 Å². The van der Waals surface area contributed by atoms with Gasteiger partial charge >= 0.3 is 6.09 Å². The van der Waals surface area contributed by atoms with Crippen molar-refractivity contribution in [2.24, 2.45) is 0 Å².